The Kier molecular flexibility index (Phi) is 2.94. The number of anilines is 1. The van der Waals surface area contributed by atoms with Gasteiger partial charge in [0, 0.05) is 10.2 Å². The smallest absolute Gasteiger partial charge is 0.163 e. The van der Waals surface area contributed by atoms with Gasteiger partial charge in [0.25, 0.3) is 0 Å². The summed E-state index contributed by atoms with van der Waals surface area (Å²) in [5.41, 5.74) is 1.86. The Morgan fingerprint density at radius 3 is 2.94 bits per heavy atom. The molecule has 1 saturated carbocycles. The van der Waals surface area contributed by atoms with Crippen molar-refractivity contribution < 1.29 is 9.90 Å². The second kappa shape index (κ2) is 4.35. The first-order valence-corrected chi connectivity index (χ1v) is 7.15. The molecule has 0 radical (unpaired) electrons. The van der Waals surface area contributed by atoms with Gasteiger partial charge in [-0.05, 0) is 43.4 Å². The van der Waals surface area contributed by atoms with Gasteiger partial charge in [0.05, 0.1) is 18.1 Å². The number of fused-ring (bicyclic) bond motifs is 1. The number of nitrogens with one attached hydrogen (secondary N) is 1. The molecule has 2 N–H and O–H groups in total. The Hall–Kier alpha value is -0.870. The third-order valence-corrected chi connectivity index (χ3v) is 4.87. The fourth-order valence-electron chi connectivity index (χ4n) is 2.70. The summed E-state index contributed by atoms with van der Waals surface area (Å²) in [5.74, 6) is 0.190. The van der Waals surface area contributed by atoms with Crippen molar-refractivity contribution in [2.75, 3.05) is 11.9 Å². The molecule has 0 aromatic heterocycles. The normalized spacial score (nSPS) is 24.0. The average Bonchev–Trinajstić information content (AvgIpc) is 3.19. The summed E-state index contributed by atoms with van der Waals surface area (Å²) in [5, 5.41) is 12.7. The van der Waals surface area contributed by atoms with Gasteiger partial charge in [-0.15, -0.1) is 0 Å². The number of hydrogen-bond donors (Lipinski definition) is 2. The van der Waals surface area contributed by atoms with E-state index in [0.29, 0.717) is 0 Å². The maximum Gasteiger partial charge on any atom is 0.163 e. The summed E-state index contributed by atoms with van der Waals surface area (Å²) in [7, 11) is 0. The number of Topliss-reactive ketones (excluding diaryl/α,β-unsaturated/α-hetero) is 1. The van der Waals surface area contributed by atoms with E-state index in [-0.39, 0.29) is 18.4 Å². The number of hydrogen-bond acceptors (Lipinski definition) is 3. The van der Waals surface area contributed by atoms with E-state index in [9.17, 15) is 9.90 Å². The monoisotopic (exact) mass is 309 g/mol. The van der Waals surface area contributed by atoms with Crippen LogP contribution in [0.5, 0.6) is 0 Å². The van der Waals surface area contributed by atoms with Gasteiger partial charge in [-0.3, -0.25) is 4.79 Å². The first kappa shape index (κ1) is 12.2. The van der Waals surface area contributed by atoms with Crippen LogP contribution in [0.2, 0.25) is 0 Å². The van der Waals surface area contributed by atoms with Gasteiger partial charge in [-0.1, -0.05) is 22.0 Å². The number of carbonyl (C=O) groups excluding carboxylic acids is 1. The van der Waals surface area contributed by atoms with Gasteiger partial charge in [0.2, 0.25) is 0 Å². The molecule has 1 aliphatic heterocycles. The lowest BCUT2D eigenvalue weighted by Gasteiger charge is -2.29. The van der Waals surface area contributed by atoms with E-state index in [2.05, 4.69) is 21.2 Å². The van der Waals surface area contributed by atoms with E-state index < -0.39 is 5.41 Å². The summed E-state index contributed by atoms with van der Waals surface area (Å²) in [4.78, 5) is 12.4. The number of rotatable bonds is 3. The summed E-state index contributed by atoms with van der Waals surface area (Å²) < 4.78 is 1.10. The molecule has 0 amide bonds. The Morgan fingerprint density at radius 1 is 1.50 bits per heavy atom. The van der Waals surface area contributed by atoms with Gasteiger partial charge in [0.15, 0.2) is 5.78 Å². The minimum Gasteiger partial charge on any atom is -0.395 e. The molecule has 0 bridgehead atoms. The van der Waals surface area contributed by atoms with Crippen LogP contribution in [0.15, 0.2) is 22.7 Å². The minimum absolute atomic E-state index is 0.00461. The van der Waals surface area contributed by atoms with Crippen LogP contribution in [0.4, 0.5) is 5.69 Å². The van der Waals surface area contributed by atoms with Crippen molar-refractivity contribution >= 4 is 27.4 Å². The molecule has 4 heteroatoms. The van der Waals surface area contributed by atoms with Gasteiger partial charge < -0.3 is 10.4 Å². The van der Waals surface area contributed by atoms with Crippen LogP contribution in [-0.4, -0.2) is 23.5 Å². The largest absolute Gasteiger partial charge is 0.395 e. The van der Waals surface area contributed by atoms with Crippen molar-refractivity contribution in [1.82, 2.24) is 0 Å². The van der Waals surface area contributed by atoms with Gasteiger partial charge in [-0.25, -0.2) is 0 Å². The van der Waals surface area contributed by atoms with Crippen molar-refractivity contribution in [2.45, 2.75) is 31.7 Å². The van der Waals surface area contributed by atoms with Gasteiger partial charge in [-0.2, -0.15) is 0 Å². The van der Waals surface area contributed by atoms with E-state index in [4.69, 9.17) is 0 Å². The topological polar surface area (TPSA) is 49.3 Å². The van der Waals surface area contributed by atoms with E-state index in [0.717, 1.165) is 35.8 Å². The molecule has 1 aromatic rings. The van der Waals surface area contributed by atoms with E-state index in [1.807, 2.05) is 18.2 Å². The Labute approximate surface area is 115 Å². The molecule has 18 heavy (non-hydrogen) atoms. The van der Waals surface area contributed by atoms with Crippen molar-refractivity contribution in [3.63, 3.8) is 0 Å². The summed E-state index contributed by atoms with van der Waals surface area (Å²) in [6, 6.07) is 5.87. The maximum absolute atomic E-state index is 12.4. The van der Waals surface area contributed by atoms with Gasteiger partial charge in [0.1, 0.15) is 0 Å². The van der Waals surface area contributed by atoms with Crippen molar-refractivity contribution in [1.29, 1.82) is 0 Å². The van der Waals surface area contributed by atoms with Crippen LogP contribution in [0.25, 0.3) is 0 Å². The molecule has 3 nitrogen and oxygen atoms in total. The van der Waals surface area contributed by atoms with Crippen molar-refractivity contribution in [3.8, 4) is 0 Å². The molecule has 1 fully saturated rings. The molecule has 1 aromatic carbocycles. The molecule has 0 saturated heterocycles. The zero-order chi connectivity index (χ0) is 12.8. The van der Waals surface area contributed by atoms with E-state index >= 15 is 0 Å². The predicted octanol–water partition coefficient (Wildman–Crippen LogP) is 2.52. The van der Waals surface area contributed by atoms with E-state index in [1.165, 1.54) is 5.56 Å². The van der Waals surface area contributed by atoms with Crippen LogP contribution in [0, 0.1) is 5.41 Å². The number of carbonyl (C=O) groups is 1. The number of halogens is 1. The Balaban J connectivity index is 1.81. The van der Waals surface area contributed by atoms with Gasteiger partial charge >= 0.3 is 0 Å². The zero-order valence-corrected chi connectivity index (χ0v) is 11.7. The lowest BCUT2D eigenvalue weighted by Crippen LogP contribution is -2.39. The third kappa shape index (κ3) is 1.88. The van der Waals surface area contributed by atoms with Crippen LogP contribution < -0.4 is 5.32 Å². The molecule has 0 spiro atoms. The Bertz CT molecular complexity index is 497. The van der Waals surface area contributed by atoms with Crippen LogP contribution in [0.1, 0.15) is 24.8 Å². The SMILES string of the molecule is O=C(C1CCc2c(Br)cccc2N1)C1(CO)CC1. The highest BCUT2D eigenvalue weighted by Crippen LogP contribution is 2.48. The Morgan fingerprint density at radius 2 is 2.28 bits per heavy atom. The van der Waals surface area contributed by atoms with Crippen LogP contribution >= 0.6 is 15.9 Å². The number of aliphatic hydroxyl groups excluding tert-OH is 1. The molecule has 2 aliphatic rings. The zero-order valence-electron chi connectivity index (χ0n) is 10.1. The predicted molar refractivity (Wildman–Crippen MR) is 73.6 cm³/mol. The molecule has 3 rings (SSSR count). The molecule has 96 valence electrons. The minimum atomic E-state index is -0.429. The number of ketones is 1. The fraction of sp³-hybridized carbons (Fsp3) is 0.500. The summed E-state index contributed by atoms with van der Waals surface area (Å²) in [6.07, 6.45) is 3.40. The van der Waals surface area contributed by atoms with Crippen molar-refractivity contribution in [2.24, 2.45) is 5.41 Å². The molecule has 1 atom stereocenters. The highest BCUT2D eigenvalue weighted by Gasteiger charge is 2.51. The first-order valence-electron chi connectivity index (χ1n) is 6.35. The summed E-state index contributed by atoms with van der Waals surface area (Å²) >= 11 is 3.54. The fourth-order valence-corrected chi connectivity index (χ4v) is 3.26. The molecule has 1 aliphatic carbocycles. The average molecular weight is 310 g/mol. The molecular formula is C14H16BrNO2. The second-order valence-corrected chi connectivity index (χ2v) is 6.16. The quantitative estimate of drug-likeness (QED) is 0.902. The standard InChI is InChI=1S/C14H16BrNO2/c15-10-2-1-3-11-9(10)4-5-12(16-11)13(18)14(8-17)6-7-14/h1-3,12,16-17H,4-8H2. The second-order valence-electron chi connectivity index (χ2n) is 5.30. The van der Waals surface area contributed by atoms with Crippen molar-refractivity contribution in [3.05, 3.63) is 28.2 Å². The van der Waals surface area contributed by atoms with E-state index in [1.54, 1.807) is 0 Å². The van der Waals surface area contributed by atoms with Crippen LogP contribution in [-0.2, 0) is 11.2 Å². The molecule has 1 heterocycles. The van der Waals surface area contributed by atoms with Crippen LogP contribution in [0.3, 0.4) is 0 Å². The lowest BCUT2D eigenvalue weighted by molar-refractivity contribution is -0.126. The highest BCUT2D eigenvalue weighted by atomic mass is 79.9. The maximum atomic E-state index is 12.4. The first-order chi connectivity index (χ1) is 8.66. The third-order valence-electron chi connectivity index (χ3n) is 4.13. The lowest BCUT2D eigenvalue weighted by atomic mass is 9.88. The summed E-state index contributed by atoms with van der Waals surface area (Å²) in [6.45, 7) is -0.00461. The number of aliphatic hydroxyl groups is 1. The number of benzene rings is 1. The molecule has 1 unspecified atom stereocenters. The highest BCUT2D eigenvalue weighted by molar-refractivity contribution is 9.10. The molecular weight excluding hydrogens is 294 g/mol.